The number of nitrogens with zero attached hydrogens (tertiary/aromatic N) is 2. The molecule has 0 saturated heterocycles. The normalized spacial score (nSPS) is 15.3. The summed E-state index contributed by atoms with van der Waals surface area (Å²) in [6, 6.07) is 13.2. The molecule has 2 aromatic heterocycles. The van der Waals surface area contributed by atoms with E-state index in [0.29, 0.717) is 22.4 Å². The zero-order chi connectivity index (χ0) is 24.7. The minimum absolute atomic E-state index is 0.0394. The highest BCUT2D eigenvalue weighted by atomic mass is 79.9. The Morgan fingerprint density at radius 2 is 2.03 bits per heavy atom. The van der Waals surface area contributed by atoms with Crippen molar-refractivity contribution in [2.75, 3.05) is 12.9 Å². The maximum absolute atomic E-state index is 13.9. The van der Waals surface area contributed by atoms with Gasteiger partial charge in [-0.05, 0) is 83.9 Å². The largest absolute Gasteiger partial charge is 0.496 e. The lowest BCUT2D eigenvalue weighted by molar-refractivity contribution is 0.102. The van der Waals surface area contributed by atoms with E-state index < -0.39 is 0 Å². The molecule has 2 aromatic carbocycles. The van der Waals surface area contributed by atoms with Crippen molar-refractivity contribution in [2.45, 2.75) is 38.3 Å². The van der Waals surface area contributed by atoms with Crippen molar-refractivity contribution in [2.24, 2.45) is 5.92 Å². The van der Waals surface area contributed by atoms with Gasteiger partial charge in [0.15, 0.2) is 10.9 Å². The molecular weight excluding hydrogens is 544 g/mol. The summed E-state index contributed by atoms with van der Waals surface area (Å²) in [5.41, 5.74) is 3.58. The molecule has 0 bridgehead atoms. The summed E-state index contributed by atoms with van der Waals surface area (Å²) in [5.74, 6) is 1.42. The van der Waals surface area contributed by atoms with Crippen molar-refractivity contribution in [3.05, 3.63) is 78.9 Å². The third-order valence-corrected chi connectivity index (χ3v) is 9.10. The second-order valence-corrected chi connectivity index (χ2v) is 11.8. The molecular formula is C27H25BrN2O3S2. The van der Waals surface area contributed by atoms with Crippen molar-refractivity contribution < 1.29 is 9.53 Å². The number of methoxy groups -OCH3 is 1. The lowest BCUT2D eigenvalue weighted by atomic mass is 9.89. The number of halogens is 1. The third kappa shape index (κ3) is 4.71. The molecule has 0 radical (unpaired) electrons. The van der Waals surface area contributed by atoms with Crippen molar-refractivity contribution >= 4 is 55.0 Å². The smallest absolute Gasteiger partial charge is 0.267 e. The number of ketones is 1. The number of carbonyl (C=O) groups is 1. The fourth-order valence-corrected chi connectivity index (χ4v) is 7.31. The second kappa shape index (κ2) is 9.91. The third-order valence-electron chi connectivity index (χ3n) is 6.40. The molecule has 180 valence electrons. The van der Waals surface area contributed by atoms with Crippen LogP contribution in [0.5, 0.6) is 5.75 Å². The summed E-state index contributed by atoms with van der Waals surface area (Å²) in [5, 5.41) is 1.28. The lowest BCUT2D eigenvalue weighted by Crippen LogP contribution is -2.23. The Hall–Kier alpha value is -2.42. The van der Waals surface area contributed by atoms with Crippen LogP contribution in [0.4, 0.5) is 0 Å². The standard InChI is InChI=1S/C27H25BrN2O3S2/c1-15-4-8-18(9-5-15)30-26(32)24-19-10-6-16(2)12-23(19)35-25(24)29-27(30)34-14-21(31)17-7-11-22(33-3)20(28)13-17/h4-5,7-9,11,13,16H,6,10,12,14H2,1-3H3. The first kappa shape index (κ1) is 24.3. The maximum Gasteiger partial charge on any atom is 0.267 e. The Morgan fingerprint density at radius 3 is 2.74 bits per heavy atom. The lowest BCUT2D eigenvalue weighted by Gasteiger charge is -2.18. The monoisotopic (exact) mass is 568 g/mol. The average Bonchev–Trinajstić information content (AvgIpc) is 3.20. The van der Waals surface area contributed by atoms with Crippen molar-refractivity contribution in [3.8, 4) is 11.4 Å². The van der Waals surface area contributed by atoms with Gasteiger partial charge in [-0.3, -0.25) is 14.2 Å². The minimum atomic E-state index is -0.0481. The number of aryl methyl sites for hydroxylation is 2. The van der Waals surface area contributed by atoms with E-state index in [0.717, 1.165) is 50.8 Å². The predicted octanol–water partition coefficient (Wildman–Crippen LogP) is 6.63. The summed E-state index contributed by atoms with van der Waals surface area (Å²) in [6.45, 7) is 4.28. The first-order valence-corrected chi connectivity index (χ1v) is 14.1. The second-order valence-electron chi connectivity index (χ2n) is 8.96. The van der Waals surface area contributed by atoms with Crippen molar-refractivity contribution in [1.29, 1.82) is 0 Å². The Morgan fingerprint density at radius 1 is 1.26 bits per heavy atom. The number of thioether (sulfide) groups is 1. The fraction of sp³-hybridized carbons (Fsp3) is 0.296. The van der Waals surface area contributed by atoms with Crippen LogP contribution in [0.2, 0.25) is 0 Å². The topological polar surface area (TPSA) is 61.2 Å². The number of thiophene rings is 1. The molecule has 1 aliphatic carbocycles. The molecule has 0 spiro atoms. The van der Waals surface area contributed by atoms with Crippen LogP contribution in [0.15, 0.2) is 56.9 Å². The number of ether oxygens (including phenoxy) is 1. The number of benzene rings is 2. The van der Waals surface area contributed by atoms with Crippen LogP contribution in [-0.4, -0.2) is 28.2 Å². The summed E-state index contributed by atoms with van der Waals surface area (Å²) in [6.07, 6.45) is 3.00. The molecule has 0 saturated carbocycles. The Balaban J connectivity index is 1.56. The van der Waals surface area contributed by atoms with Crippen LogP contribution in [-0.2, 0) is 12.8 Å². The molecule has 2 heterocycles. The molecule has 0 fully saturated rings. The van der Waals surface area contributed by atoms with Gasteiger partial charge in [0.05, 0.1) is 28.4 Å². The van der Waals surface area contributed by atoms with E-state index in [4.69, 9.17) is 9.72 Å². The first-order valence-electron chi connectivity index (χ1n) is 11.5. The molecule has 4 aromatic rings. The van der Waals surface area contributed by atoms with Gasteiger partial charge >= 0.3 is 0 Å². The SMILES string of the molecule is COc1ccc(C(=O)CSc2nc3sc4c(c3c(=O)n2-c2ccc(C)cc2)CCC(C)C4)cc1Br. The number of Topliss-reactive ketones (excluding diaryl/α,β-unsaturated/α-hetero) is 1. The van der Waals surface area contributed by atoms with Crippen molar-refractivity contribution in [1.82, 2.24) is 9.55 Å². The van der Waals surface area contributed by atoms with E-state index in [-0.39, 0.29) is 17.1 Å². The maximum atomic E-state index is 13.9. The van der Waals surface area contributed by atoms with E-state index in [9.17, 15) is 9.59 Å². The van der Waals surface area contributed by atoms with Crippen molar-refractivity contribution in [3.63, 3.8) is 0 Å². The van der Waals surface area contributed by atoms with E-state index in [1.54, 1.807) is 41.2 Å². The molecule has 0 N–H and O–H groups in total. The van der Waals surface area contributed by atoms with Gasteiger partial charge in [-0.2, -0.15) is 0 Å². The first-order chi connectivity index (χ1) is 16.9. The molecule has 8 heteroatoms. The molecule has 1 unspecified atom stereocenters. The highest BCUT2D eigenvalue weighted by molar-refractivity contribution is 9.10. The van der Waals surface area contributed by atoms with Crippen LogP contribution < -0.4 is 10.3 Å². The Bertz CT molecular complexity index is 1490. The summed E-state index contributed by atoms with van der Waals surface area (Å²) < 4.78 is 7.67. The Labute approximate surface area is 220 Å². The van der Waals surface area contributed by atoms with Gasteiger partial charge in [0, 0.05) is 10.4 Å². The predicted molar refractivity (Wildman–Crippen MR) is 147 cm³/mol. The summed E-state index contributed by atoms with van der Waals surface area (Å²) >= 11 is 6.38. The summed E-state index contributed by atoms with van der Waals surface area (Å²) in [4.78, 5) is 33.9. The highest BCUT2D eigenvalue weighted by Gasteiger charge is 2.25. The van der Waals surface area contributed by atoms with Crippen LogP contribution in [0, 0.1) is 12.8 Å². The van der Waals surface area contributed by atoms with Gasteiger partial charge in [-0.25, -0.2) is 4.98 Å². The van der Waals surface area contributed by atoms with Gasteiger partial charge in [0.25, 0.3) is 5.56 Å². The van der Waals surface area contributed by atoms with Crippen LogP contribution >= 0.6 is 39.0 Å². The molecule has 0 amide bonds. The number of hydrogen-bond acceptors (Lipinski definition) is 6. The van der Waals surface area contributed by atoms with Gasteiger partial charge < -0.3 is 4.74 Å². The van der Waals surface area contributed by atoms with E-state index in [1.165, 1.54) is 16.6 Å². The molecule has 0 aliphatic heterocycles. The van der Waals surface area contributed by atoms with Crippen LogP contribution in [0.25, 0.3) is 15.9 Å². The molecule has 1 atom stereocenters. The van der Waals surface area contributed by atoms with E-state index in [1.807, 2.05) is 31.2 Å². The number of aromatic nitrogens is 2. The Kier molecular flexibility index (Phi) is 6.88. The quantitative estimate of drug-likeness (QED) is 0.148. The number of hydrogen-bond donors (Lipinski definition) is 0. The fourth-order valence-electron chi connectivity index (χ4n) is 4.44. The highest BCUT2D eigenvalue weighted by Crippen LogP contribution is 2.37. The number of rotatable bonds is 6. The molecule has 5 nitrogen and oxygen atoms in total. The van der Waals surface area contributed by atoms with Gasteiger partial charge in [-0.1, -0.05) is 36.4 Å². The van der Waals surface area contributed by atoms with Gasteiger partial charge in [-0.15, -0.1) is 11.3 Å². The van der Waals surface area contributed by atoms with Gasteiger partial charge in [0.1, 0.15) is 10.6 Å². The number of carbonyl (C=O) groups excluding carboxylic acids is 1. The number of fused-ring (bicyclic) bond motifs is 3. The van der Waals surface area contributed by atoms with Crippen LogP contribution in [0.1, 0.15) is 39.7 Å². The molecule has 35 heavy (non-hydrogen) atoms. The zero-order valence-corrected chi connectivity index (χ0v) is 23.0. The van der Waals surface area contributed by atoms with E-state index >= 15 is 0 Å². The summed E-state index contributed by atoms with van der Waals surface area (Å²) in [7, 11) is 1.59. The minimum Gasteiger partial charge on any atom is -0.496 e. The van der Waals surface area contributed by atoms with Crippen LogP contribution in [0.3, 0.4) is 0 Å². The molecule has 1 aliphatic rings. The zero-order valence-electron chi connectivity index (χ0n) is 19.8. The van der Waals surface area contributed by atoms with Gasteiger partial charge in [0.2, 0.25) is 0 Å². The molecule has 5 rings (SSSR count). The average molecular weight is 570 g/mol. The van der Waals surface area contributed by atoms with E-state index in [2.05, 4.69) is 22.9 Å².